The highest BCUT2D eigenvalue weighted by Gasteiger charge is 2.25. The first-order valence-corrected chi connectivity index (χ1v) is 6.37. The molecule has 1 aromatic carbocycles. The minimum atomic E-state index is -1.04. The Labute approximate surface area is 121 Å². The van der Waals surface area contributed by atoms with E-state index in [1.54, 1.807) is 0 Å². The Morgan fingerprint density at radius 1 is 0.952 bits per heavy atom. The van der Waals surface area contributed by atoms with Gasteiger partial charge >= 0.3 is 5.69 Å². The van der Waals surface area contributed by atoms with Crippen LogP contribution >= 0.6 is 0 Å². The zero-order chi connectivity index (χ0) is 16.2. The highest BCUT2D eigenvalue weighted by molar-refractivity contribution is 5.87. The number of aliphatic hydroxyl groups is 3. The standard InChI is InChI=1S/C12H20N4O5/c1-6(17)13-9-4-5-10(14-7(2)18)12(16(20)21)11(9)15-8(3)19/h4-8,13-15,17-19H,1-3H3. The molecule has 6 N–H and O–H groups in total. The van der Waals surface area contributed by atoms with Gasteiger partial charge in [0.25, 0.3) is 0 Å². The van der Waals surface area contributed by atoms with Gasteiger partial charge in [0, 0.05) is 0 Å². The van der Waals surface area contributed by atoms with E-state index in [1.165, 1.54) is 32.9 Å². The van der Waals surface area contributed by atoms with E-state index < -0.39 is 23.6 Å². The van der Waals surface area contributed by atoms with E-state index >= 15 is 0 Å². The van der Waals surface area contributed by atoms with Crippen LogP contribution in [0, 0.1) is 10.1 Å². The predicted molar refractivity (Wildman–Crippen MR) is 79.0 cm³/mol. The molecule has 0 spiro atoms. The number of nitro benzene ring substituents is 1. The summed E-state index contributed by atoms with van der Waals surface area (Å²) >= 11 is 0. The van der Waals surface area contributed by atoms with Gasteiger partial charge in [0.05, 0.1) is 10.6 Å². The van der Waals surface area contributed by atoms with Crippen molar-refractivity contribution in [3.63, 3.8) is 0 Å². The van der Waals surface area contributed by atoms with Crippen LogP contribution in [-0.2, 0) is 0 Å². The lowest BCUT2D eigenvalue weighted by molar-refractivity contribution is -0.383. The van der Waals surface area contributed by atoms with Crippen LogP contribution in [0.2, 0.25) is 0 Å². The average Bonchev–Trinajstić information content (AvgIpc) is 2.30. The molecule has 0 radical (unpaired) electrons. The topological polar surface area (TPSA) is 140 Å². The Bertz CT molecular complexity index is 505. The van der Waals surface area contributed by atoms with E-state index in [4.69, 9.17) is 0 Å². The molecule has 0 aliphatic heterocycles. The number of hydrogen-bond donors (Lipinski definition) is 6. The zero-order valence-electron chi connectivity index (χ0n) is 12.0. The first-order chi connectivity index (χ1) is 9.72. The number of benzene rings is 1. The van der Waals surface area contributed by atoms with Crippen molar-refractivity contribution in [3.8, 4) is 0 Å². The molecule has 0 aromatic heterocycles. The second-order valence-electron chi connectivity index (χ2n) is 4.60. The summed E-state index contributed by atoms with van der Waals surface area (Å²) in [6, 6.07) is 2.90. The summed E-state index contributed by atoms with van der Waals surface area (Å²) in [5.41, 5.74) is 0.0204. The Morgan fingerprint density at radius 3 is 1.81 bits per heavy atom. The lowest BCUT2D eigenvalue weighted by Crippen LogP contribution is -2.21. The molecule has 0 heterocycles. The lowest BCUT2D eigenvalue weighted by atomic mass is 10.1. The molecule has 0 saturated heterocycles. The summed E-state index contributed by atoms with van der Waals surface area (Å²) in [5.74, 6) is 0. The van der Waals surface area contributed by atoms with Crippen LogP contribution in [0.4, 0.5) is 22.7 Å². The first kappa shape index (κ1) is 17.0. The molecule has 0 aliphatic rings. The number of nitrogens with one attached hydrogen (secondary N) is 3. The van der Waals surface area contributed by atoms with Gasteiger partial charge in [-0.05, 0) is 32.9 Å². The van der Waals surface area contributed by atoms with Crippen molar-refractivity contribution in [2.75, 3.05) is 16.0 Å². The van der Waals surface area contributed by atoms with E-state index in [-0.39, 0.29) is 22.7 Å². The zero-order valence-corrected chi connectivity index (χ0v) is 12.0. The molecule has 0 fully saturated rings. The molecule has 118 valence electrons. The summed E-state index contributed by atoms with van der Waals surface area (Å²) in [6.45, 7) is 4.29. The Morgan fingerprint density at radius 2 is 1.38 bits per heavy atom. The van der Waals surface area contributed by atoms with Gasteiger partial charge in [-0.1, -0.05) is 0 Å². The minimum absolute atomic E-state index is 0.0153. The molecule has 0 saturated carbocycles. The predicted octanol–water partition coefficient (Wildman–Crippen LogP) is 0.845. The van der Waals surface area contributed by atoms with Crippen LogP contribution in [0.5, 0.6) is 0 Å². The van der Waals surface area contributed by atoms with Crippen LogP contribution in [0.15, 0.2) is 12.1 Å². The molecule has 0 aliphatic carbocycles. The van der Waals surface area contributed by atoms with Crippen LogP contribution in [0.3, 0.4) is 0 Å². The van der Waals surface area contributed by atoms with Crippen molar-refractivity contribution in [3.05, 3.63) is 22.2 Å². The van der Waals surface area contributed by atoms with E-state index in [1.807, 2.05) is 0 Å². The third-order valence-electron chi connectivity index (χ3n) is 2.44. The van der Waals surface area contributed by atoms with Gasteiger partial charge in [0.15, 0.2) is 0 Å². The molecule has 3 unspecified atom stereocenters. The van der Waals surface area contributed by atoms with Gasteiger partial charge in [-0.15, -0.1) is 0 Å². The smallest absolute Gasteiger partial charge is 0.317 e. The molecule has 9 heteroatoms. The van der Waals surface area contributed by atoms with Gasteiger partial charge in [-0.2, -0.15) is 0 Å². The van der Waals surface area contributed by atoms with Crippen molar-refractivity contribution in [1.29, 1.82) is 0 Å². The number of nitro groups is 1. The fourth-order valence-electron chi connectivity index (χ4n) is 1.82. The maximum atomic E-state index is 11.3. The van der Waals surface area contributed by atoms with Crippen molar-refractivity contribution >= 4 is 22.7 Å². The summed E-state index contributed by atoms with van der Waals surface area (Å²) in [5, 5.41) is 47.2. The van der Waals surface area contributed by atoms with Gasteiger partial charge < -0.3 is 31.3 Å². The monoisotopic (exact) mass is 300 g/mol. The third-order valence-corrected chi connectivity index (χ3v) is 2.44. The summed E-state index contributed by atoms with van der Waals surface area (Å²) in [7, 11) is 0. The number of hydrogen-bond acceptors (Lipinski definition) is 8. The number of anilines is 3. The largest absolute Gasteiger partial charge is 0.374 e. The summed E-state index contributed by atoms with van der Waals surface area (Å²) in [6.07, 6.45) is -2.96. The quantitative estimate of drug-likeness (QED) is 0.247. The Kier molecular flexibility index (Phi) is 5.70. The number of rotatable bonds is 7. The highest BCUT2D eigenvalue weighted by atomic mass is 16.6. The van der Waals surface area contributed by atoms with Crippen LogP contribution in [0.25, 0.3) is 0 Å². The summed E-state index contributed by atoms with van der Waals surface area (Å²) in [4.78, 5) is 10.7. The maximum absolute atomic E-state index is 11.3. The molecule has 0 amide bonds. The maximum Gasteiger partial charge on any atom is 0.317 e. The van der Waals surface area contributed by atoms with Crippen LogP contribution in [-0.4, -0.2) is 38.9 Å². The number of nitrogens with zero attached hydrogens (tertiary/aromatic N) is 1. The second-order valence-corrected chi connectivity index (χ2v) is 4.60. The van der Waals surface area contributed by atoms with E-state index in [0.717, 1.165) is 0 Å². The fourth-order valence-corrected chi connectivity index (χ4v) is 1.82. The Hall–Kier alpha value is -2.10. The Balaban J connectivity index is 3.41. The van der Waals surface area contributed by atoms with Gasteiger partial charge in [0.1, 0.15) is 30.1 Å². The van der Waals surface area contributed by atoms with E-state index in [2.05, 4.69) is 16.0 Å². The molecule has 3 atom stereocenters. The summed E-state index contributed by atoms with van der Waals surface area (Å²) < 4.78 is 0. The molecule has 9 nitrogen and oxygen atoms in total. The molecule has 0 bridgehead atoms. The normalized spacial score (nSPS) is 15.0. The lowest BCUT2D eigenvalue weighted by Gasteiger charge is -2.19. The molecule has 1 rings (SSSR count). The highest BCUT2D eigenvalue weighted by Crippen LogP contribution is 2.39. The van der Waals surface area contributed by atoms with E-state index in [0.29, 0.717) is 0 Å². The van der Waals surface area contributed by atoms with Gasteiger partial charge in [-0.25, -0.2) is 0 Å². The number of aliphatic hydroxyl groups excluding tert-OH is 3. The van der Waals surface area contributed by atoms with Gasteiger partial charge in [0.2, 0.25) is 0 Å². The SMILES string of the molecule is CC(O)Nc1ccc(NC(C)O)c([N+](=O)[O-])c1NC(C)O. The minimum Gasteiger partial charge on any atom is -0.374 e. The average molecular weight is 300 g/mol. The van der Waals surface area contributed by atoms with Crippen molar-refractivity contribution in [2.45, 2.75) is 39.5 Å². The first-order valence-electron chi connectivity index (χ1n) is 6.37. The molecular weight excluding hydrogens is 280 g/mol. The van der Waals surface area contributed by atoms with Crippen LogP contribution in [0.1, 0.15) is 20.8 Å². The third kappa shape index (κ3) is 4.74. The van der Waals surface area contributed by atoms with Crippen molar-refractivity contribution < 1.29 is 20.2 Å². The van der Waals surface area contributed by atoms with Crippen LogP contribution < -0.4 is 16.0 Å². The fraction of sp³-hybridized carbons (Fsp3) is 0.500. The molecule has 21 heavy (non-hydrogen) atoms. The van der Waals surface area contributed by atoms with E-state index in [9.17, 15) is 25.4 Å². The van der Waals surface area contributed by atoms with Crippen molar-refractivity contribution in [2.24, 2.45) is 0 Å². The van der Waals surface area contributed by atoms with Crippen molar-refractivity contribution in [1.82, 2.24) is 0 Å². The molecule has 1 aromatic rings. The molecular formula is C12H20N4O5. The second kappa shape index (κ2) is 7.07. The van der Waals surface area contributed by atoms with Gasteiger partial charge in [-0.3, -0.25) is 10.1 Å².